The summed E-state index contributed by atoms with van der Waals surface area (Å²) in [6.07, 6.45) is -0.483. The predicted molar refractivity (Wildman–Crippen MR) is 112 cm³/mol. The molecule has 1 aromatic carbocycles. The van der Waals surface area contributed by atoms with Crippen molar-refractivity contribution in [3.05, 3.63) is 36.4 Å². The van der Waals surface area contributed by atoms with Crippen LogP contribution in [0.15, 0.2) is 46.6 Å². The molecule has 0 aliphatic carbocycles. The van der Waals surface area contributed by atoms with E-state index in [1.165, 1.54) is 24.8 Å². The maximum atomic E-state index is 12.2. The van der Waals surface area contributed by atoms with Crippen molar-refractivity contribution in [2.75, 3.05) is 23.7 Å². The van der Waals surface area contributed by atoms with Gasteiger partial charge in [-0.05, 0) is 38.1 Å². The highest BCUT2D eigenvalue weighted by atomic mass is 16.6. The van der Waals surface area contributed by atoms with E-state index in [-0.39, 0.29) is 34.9 Å². The van der Waals surface area contributed by atoms with Crippen LogP contribution in [0.1, 0.15) is 27.7 Å². The fraction of sp³-hybridized carbons (Fsp3) is 0.300. The van der Waals surface area contributed by atoms with Gasteiger partial charge in [-0.15, -0.1) is 10.2 Å². The lowest BCUT2D eigenvalue weighted by molar-refractivity contribution is -0.115. The van der Waals surface area contributed by atoms with Gasteiger partial charge < -0.3 is 20.3 Å². The molecule has 0 unspecified atom stereocenters. The molecule has 0 saturated heterocycles. The van der Waals surface area contributed by atoms with Gasteiger partial charge in [-0.3, -0.25) is 9.59 Å². The van der Waals surface area contributed by atoms with Crippen molar-refractivity contribution in [2.45, 2.75) is 27.7 Å². The second-order valence-corrected chi connectivity index (χ2v) is 6.13. The van der Waals surface area contributed by atoms with Crippen molar-refractivity contribution in [1.82, 2.24) is 9.88 Å². The number of carbonyl (C=O) groups is 3. The van der Waals surface area contributed by atoms with Crippen LogP contribution in [0.2, 0.25) is 0 Å². The Morgan fingerprint density at radius 3 is 2.20 bits per heavy atom. The third kappa shape index (κ3) is 6.36. The first-order valence-corrected chi connectivity index (χ1v) is 9.37. The Morgan fingerprint density at radius 2 is 1.57 bits per heavy atom. The number of ether oxygens (including phenoxy) is 1. The number of hydrogen-bond acceptors (Lipinski definition) is 7. The molecule has 1 aromatic heterocycles. The van der Waals surface area contributed by atoms with E-state index in [2.05, 4.69) is 25.8 Å². The van der Waals surface area contributed by atoms with Crippen LogP contribution in [0.5, 0.6) is 5.75 Å². The van der Waals surface area contributed by atoms with E-state index in [1.807, 2.05) is 13.8 Å². The lowest BCUT2D eigenvalue weighted by Gasteiger charge is -2.18. The van der Waals surface area contributed by atoms with Crippen molar-refractivity contribution >= 4 is 40.9 Å². The molecule has 2 N–H and O–H groups in total. The van der Waals surface area contributed by atoms with Gasteiger partial charge >= 0.3 is 6.09 Å². The summed E-state index contributed by atoms with van der Waals surface area (Å²) in [4.78, 5) is 40.7. The molecule has 10 heteroatoms. The second kappa shape index (κ2) is 10.6. The zero-order chi connectivity index (χ0) is 22.1. The highest BCUT2D eigenvalue weighted by Crippen LogP contribution is 2.31. The number of benzene rings is 1. The number of rotatable bonds is 7. The number of amides is 3. The summed E-state index contributed by atoms with van der Waals surface area (Å²) in [7, 11) is 0. The van der Waals surface area contributed by atoms with Gasteiger partial charge in [0.2, 0.25) is 11.8 Å². The Bertz CT molecular complexity index is 956. The number of azo groups is 1. The van der Waals surface area contributed by atoms with Gasteiger partial charge in [-0.1, -0.05) is 12.1 Å². The predicted octanol–water partition coefficient (Wildman–Crippen LogP) is 4.25. The van der Waals surface area contributed by atoms with Crippen LogP contribution in [0.25, 0.3) is 0 Å². The molecule has 0 spiro atoms. The molecule has 158 valence electrons. The smallest absolute Gasteiger partial charge is 0.408 e. The lowest BCUT2D eigenvalue weighted by Crippen LogP contribution is -2.33. The topological polar surface area (TPSA) is 125 Å². The number of para-hydroxylation sites is 1. The van der Waals surface area contributed by atoms with Crippen LogP contribution in [0, 0.1) is 0 Å². The quantitative estimate of drug-likeness (QED) is 0.658. The SMILES string of the molecule is CCN(CC)C(=O)Oc1ccccc1/N=N/c1ccc(NC(C)=O)nc1NC(C)=O. The number of pyridine rings is 1. The minimum absolute atomic E-state index is 0.134. The van der Waals surface area contributed by atoms with E-state index < -0.39 is 6.09 Å². The van der Waals surface area contributed by atoms with Gasteiger partial charge in [0.15, 0.2) is 11.6 Å². The highest BCUT2D eigenvalue weighted by molar-refractivity contribution is 5.92. The molecule has 30 heavy (non-hydrogen) atoms. The molecule has 2 aromatic rings. The first kappa shape index (κ1) is 22.5. The summed E-state index contributed by atoms with van der Waals surface area (Å²) in [6, 6.07) is 9.80. The van der Waals surface area contributed by atoms with Crippen LogP contribution >= 0.6 is 0 Å². The monoisotopic (exact) mass is 412 g/mol. The molecule has 3 amide bonds. The summed E-state index contributed by atoms with van der Waals surface area (Å²) in [5, 5.41) is 13.4. The van der Waals surface area contributed by atoms with Crippen molar-refractivity contribution in [1.29, 1.82) is 0 Å². The summed E-state index contributed by atoms with van der Waals surface area (Å²) >= 11 is 0. The third-order valence-corrected chi connectivity index (χ3v) is 3.82. The Labute approximate surface area is 174 Å². The zero-order valence-corrected chi connectivity index (χ0v) is 17.3. The molecule has 0 aliphatic heterocycles. The van der Waals surface area contributed by atoms with Crippen molar-refractivity contribution in [3.8, 4) is 5.75 Å². The average molecular weight is 412 g/mol. The number of carbonyl (C=O) groups excluding carboxylic acids is 3. The zero-order valence-electron chi connectivity index (χ0n) is 17.3. The van der Waals surface area contributed by atoms with Crippen LogP contribution < -0.4 is 15.4 Å². The van der Waals surface area contributed by atoms with Crippen LogP contribution in [-0.2, 0) is 9.59 Å². The summed E-state index contributed by atoms with van der Waals surface area (Å²) < 4.78 is 5.44. The Hall–Kier alpha value is -3.82. The van der Waals surface area contributed by atoms with Gasteiger partial charge in [0.1, 0.15) is 17.2 Å². The molecular weight excluding hydrogens is 388 g/mol. The van der Waals surface area contributed by atoms with Gasteiger partial charge in [-0.25, -0.2) is 9.78 Å². The number of nitrogens with one attached hydrogen (secondary N) is 2. The number of hydrogen-bond donors (Lipinski definition) is 2. The molecule has 1 heterocycles. The summed E-state index contributed by atoms with van der Waals surface area (Å²) in [5.41, 5.74) is 0.599. The maximum absolute atomic E-state index is 12.2. The molecule has 0 bridgehead atoms. The van der Waals surface area contributed by atoms with Crippen molar-refractivity contribution < 1.29 is 19.1 Å². The fourth-order valence-electron chi connectivity index (χ4n) is 2.42. The van der Waals surface area contributed by atoms with Gasteiger partial charge in [0.05, 0.1) is 0 Å². The number of aromatic nitrogens is 1. The fourth-order valence-corrected chi connectivity index (χ4v) is 2.42. The van der Waals surface area contributed by atoms with E-state index in [1.54, 1.807) is 30.3 Å². The van der Waals surface area contributed by atoms with Gasteiger partial charge in [-0.2, -0.15) is 0 Å². The van der Waals surface area contributed by atoms with E-state index in [0.29, 0.717) is 18.8 Å². The lowest BCUT2D eigenvalue weighted by atomic mass is 10.3. The largest absolute Gasteiger partial charge is 0.415 e. The standard InChI is InChI=1S/C20H24N6O4/c1-5-26(6-2)20(29)30-17-10-8-7-9-15(17)24-25-16-11-12-18(21-13(3)27)23-19(16)22-14(4)28/h7-12H,5-6H2,1-4H3,(H2,21,22,23,27,28)/b25-24+. The summed E-state index contributed by atoms with van der Waals surface area (Å²) in [5.74, 6) is -0.00185. The molecule has 0 fully saturated rings. The molecule has 0 aliphatic rings. The Morgan fingerprint density at radius 1 is 0.933 bits per heavy atom. The molecule has 0 radical (unpaired) electrons. The first-order chi connectivity index (χ1) is 14.3. The average Bonchev–Trinajstić information content (AvgIpc) is 2.68. The summed E-state index contributed by atoms with van der Waals surface area (Å²) in [6.45, 7) is 7.44. The molecule has 10 nitrogen and oxygen atoms in total. The van der Waals surface area contributed by atoms with E-state index in [4.69, 9.17) is 4.74 Å². The maximum Gasteiger partial charge on any atom is 0.415 e. The van der Waals surface area contributed by atoms with E-state index in [9.17, 15) is 14.4 Å². The third-order valence-electron chi connectivity index (χ3n) is 3.82. The van der Waals surface area contributed by atoms with Crippen molar-refractivity contribution in [2.24, 2.45) is 10.2 Å². The van der Waals surface area contributed by atoms with Crippen LogP contribution in [-0.4, -0.2) is 40.9 Å². The van der Waals surface area contributed by atoms with E-state index >= 15 is 0 Å². The molecule has 0 atom stereocenters. The molecule has 2 rings (SSSR count). The van der Waals surface area contributed by atoms with Gasteiger partial charge in [0.25, 0.3) is 0 Å². The minimum Gasteiger partial charge on any atom is -0.408 e. The van der Waals surface area contributed by atoms with E-state index in [0.717, 1.165) is 0 Å². The van der Waals surface area contributed by atoms with Crippen LogP contribution in [0.4, 0.5) is 27.8 Å². The highest BCUT2D eigenvalue weighted by Gasteiger charge is 2.14. The Balaban J connectivity index is 2.32. The Kier molecular flexibility index (Phi) is 7.98. The number of anilines is 2. The second-order valence-electron chi connectivity index (χ2n) is 6.13. The van der Waals surface area contributed by atoms with Crippen LogP contribution in [0.3, 0.4) is 0 Å². The van der Waals surface area contributed by atoms with Gasteiger partial charge in [0, 0.05) is 26.9 Å². The molecular formula is C20H24N6O4. The molecule has 0 saturated carbocycles. The van der Waals surface area contributed by atoms with Crippen molar-refractivity contribution in [3.63, 3.8) is 0 Å². The first-order valence-electron chi connectivity index (χ1n) is 9.37. The minimum atomic E-state index is -0.483. The normalized spacial score (nSPS) is 10.5. The number of nitrogens with zero attached hydrogens (tertiary/aromatic N) is 4.